The lowest BCUT2D eigenvalue weighted by Crippen LogP contribution is -2.04. The molecule has 0 amide bonds. The SMILES string of the molecule is CC(=O)c1ccc(Nc2nccc(NCc3cccc(C)c3)n2)cc1. The van der Waals surface area contributed by atoms with E-state index in [4.69, 9.17) is 0 Å². The lowest BCUT2D eigenvalue weighted by molar-refractivity contribution is 0.101. The van der Waals surface area contributed by atoms with Crippen molar-refractivity contribution < 1.29 is 4.79 Å². The minimum Gasteiger partial charge on any atom is -0.366 e. The Morgan fingerprint density at radius 3 is 2.60 bits per heavy atom. The molecule has 0 atom stereocenters. The number of aryl methyl sites for hydroxylation is 1. The van der Waals surface area contributed by atoms with E-state index in [1.54, 1.807) is 25.3 Å². The summed E-state index contributed by atoms with van der Waals surface area (Å²) < 4.78 is 0. The molecule has 5 heteroatoms. The number of rotatable bonds is 6. The van der Waals surface area contributed by atoms with E-state index in [0.717, 1.165) is 11.5 Å². The second-order valence-electron chi connectivity index (χ2n) is 5.87. The normalized spacial score (nSPS) is 10.3. The van der Waals surface area contributed by atoms with Crippen LogP contribution >= 0.6 is 0 Å². The van der Waals surface area contributed by atoms with E-state index in [2.05, 4.69) is 45.7 Å². The molecule has 0 bridgehead atoms. The monoisotopic (exact) mass is 332 g/mol. The standard InChI is InChI=1S/C20H20N4O/c1-14-4-3-5-16(12-14)13-22-19-10-11-21-20(24-19)23-18-8-6-17(7-9-18)15(2)25/h3-12H,13H2,1-2H3,(H2,21,22,23,24). The Kier molecular flexibility index (Phi) is 5.04. The van der Waals surface area contributed by atoms with Crippen LogP contribution in [0.15, 0.2) is 60.8 Å². The van der Waals surface area contributed by atoms with Gasteiger partial charge in [-0.1, -0.05) is 29.8 Å². The van der Waals surface area contributed by atoms with Crippen molar-refractivity contribution in [2.45, 2.75) is 20.4 Å². The molecule has 3 rings (SSSR count). The first-order chi connectivity index (χ1) is 12.1. The Balaban J connectivity index is 1.65. The number of hydrogen-bond donors (Lipinski definition) is 2. The number of carbonyl (C=O) groups is 1. The largest absolute Gasteiger partial charge is 0.366 e. The summed E-state index contributed by atoms with van der Waals surface area (Å²) in [5.74, 6) is 1.30. The Hall–Kier alpha value is -3.21. The van der Waals surface area contributed by atoms with Gasteiger partial charge in [-0.05, 0) is 49.7 Å². The van der Waals surface area contributed by atoms with Gasteiger partial charge in [-0.3, -0.25) is 4.79 Å². The number of nitrogens with one attached hydrogen (secondary N) is 2. The summed E-state index contributed by atoms with van der Waals surface area (Å²) in [6.07, 6.45) is 1.71. The van der Waals surface area contributed by atoms with Crippen molar-refractivity contribution in [1.29, 1.82) is 0 Å². The van der Waals surface area contributed by atoms with Gasteiger partial charge in [0.05, 0.1) is 0 Å². The van der Waals surface area contributed by atoms with Crippen LogP contribution in [0.1, 0.15) is 28.4 Å². The minimum atomic E-state index is 0.0464. The number of nitrogens with zero attached hydrogens (tertiary/aromatic N) is 2. The van der Waals surface area contributed by atoms with Gasteiger partial charge in [-0.25, -0.2) is 4.98 Å². The molecule has 0 aliphatic heterocycles. The number of Topliss-reactive ketones (excluding diaryl/α,β-unsaturated/α-hetero) is 1. The predicted octanol–water partition coefficient (Wildman–Crippen LogP) is 4.34. The highest BCUT2D eigenvalue weighted by Crippen LogP contribution is 2.16. The van der Waals surface area contributed by atoms with Crippen molar-refractivity contribution in [3.63, 3.8) is 0 Å². The molecule has 2 N–H and O–H groups in total. The average Bonchev–Trinajstić information content (AvgIpc) is 2.61. The number of anilines is 3. The van der Waals surface area contributed by atoms with E-state index in [0.29, 0.717) is 18.1 Å². The van der Waals surface area contributed by atoms with Gasteiger partial charge in [0.2, 0.25) is 5.95 Å². The van der Waals surface area contributed by atoms with Crippen molar-refractivity contribution in [1.82, 2.24) is 9.97 Å². The maximum absolute atomic E-state index is 11.3. The van der Waals surface area contributed by atoms with Gasteiger partial charge in [0.1, 0.15) is 5.82 Å². The minimum absolute atomic E-state index is 0.0464. The molecule has 2 aromatic carbocycles. The highest BCUT2D eigenvalue weighted by Gasteiger charge is 2.02. The third kappa shape index (κ3) is 4.64. The molecule has 0 radical (unpaired) electrons. The second-order valence-corrected chi connectivity index (χ2v) is 5.87. The lowest BCUT2D eigenvalue weighted by Gasteiger charge is -2.09. The Morgan fingerprint density at radius 2 is 1.88 bits per heavy atom. The summed E-state index contributed by atoms with van der Waals surface area (Å²) in [4.78, 5) is 20.0. The summed E-state index contributed by atoms with van der Waals surface area (Å²) in [5.41, 5.74) is 3.95. The smallest absolute Gasteiger partial charge is 0.229 e. The van der Waals surface area contributed by atoms with Crippen molar-refractivity contribution in [2.75, 3.05) is 10.6 Å². The molecule has 0 saturated carbocycles. The van der Waals surface area contributed by atoms with E-state index < -0.39 is 0 Å². The van der Waals surface area contributed by atoms with Crippen LogP contribution in [0.25, 0.3) is 0 Å². The number of aromatic nitrogens is 2. The lowest BCUT2D eigenvalue weighted by atomic mass is 10.1. The zero-order valence-corrected chi connectivity index (χ0v) is 14.3. The van der Waals surface area contributed by atoms with Gasteiger partial charge >= 0.3 is 0 Å². The maximum Gasteiger partial charge on any atom is 0.229 e. The first-order valence-electron chi connectivity index (χ1n) is 8.10. The third-order valence-electron chi connectivity index (χ3n) is 3.76. The fraction of sp³-hybridized carbons (Fsp3) is 0.150. The van der Waals surface area contributed by atoms with Gasteiger partial charge in [0.25, 0.3) is 0 Å². The van der Waals surface area contributed by atoms with E-state index >= 15 is 0 Å². The molecule has 25 heavy (non-hydrogen) atoms. The Morgan fingerprint density at radius 1 is 1.08 bits per heavy atom. The molecule has 0 saturated heterocycles. The van der Waals surface area contributed by atoms with Crippen LogP contribution < -0.4 is 10.6 Å². The summed E-state index contributed by atoms with van der Waals surface area (Å²) in [6.45, 7) is 4.33. The summed E-state index contributed by atoms with van der Waals surface area (Å²) in [6, 6.07) is 17.4. The number of carbonyl (C=O) groups excluding carboxylic acids is 1. The zero-order valence-electron chi connectivity index (χ0n) is 14.3. The fourth-order valence-electron chi connectivity index (χ4n) is 2.45. The maximum atomic E-state index is 11.3. The van der Waals surface area contributed by atoms with Crippen LogP contribution in [0, 0.1) is 6.92 Å². The van der Waals surface area contributed by atoms with E-state index in [-0.39, 0.29) is 5.78 Å². The summed E-state index contributed by atoms with van der Waals surface area (Å²) >= 11 is 0. The first-order valence-corrected chi connectivity index (χ1v) is 8.10. The zero-order chi connectivity index (χ0) is 17.6. The molecule has 0 unspecified atom stereocenters. The molecule has 0 fully saturated rings. The summed E-state index contributed by atoms with van der Waals surface area (Å²) in [7, 11) is 0. The molecule has 1 heterocycles. The highest BCUT2D eigenvalue weighted by molar-refractivity contribution is 5.94. The number of hydrogen-bond acceptors (Lipinski definition) is 5. The van der Waals surface area contributed by atoms with Crippen LogP contribution in [-0.4, -0.2) is 15.8 Å². The highest BCUT2D eigenvalue weighted by atomic mass is 16.1. The van der Waals surface area contributed by atoms with E-state index in [1.165, 1.54) is 11.1 Å². The molecule has 1 aromatic heterocycles. The van der Waals surface area contributed by atoms with Crippen molar-refractivity contribution in [3.05, 3.63) is 77.5 Å². The number of ketones is 1. The van der Waals surface area contributed by atoms with Crippen molar-refractivity contribution >= 4 is 23.2 Å². The van der Waals surface area contributed by atoms with Crippen LogP contribution in [-0.2, 0) is 6.54 Å². The molecule has 126 valence electrons. The molecule has 0 aliphatic carbocycles. The average molecular weight is 332 g/mol. The molecular formula is C20H20N4O. The predicted molar refractivity (Wildman–Crippen MR) is 100 cm³/mol. The van der Waals surface area contributed by atoms with Gasteiger partial charge in [-0.15, -0.1) is 0 Å². The summed E-state index contributed by atoms with van der Waals surface area (Å²) in [5, 5.41) is 6.45. The van der Waals surface area contributed by atoms with Crippen LogP contribution in [0.2, 0.25) is 0 Å². The van der Waals surface area contributed by atoms with Crippen LogP contribution in [0.5, 0.6) is 0 Å². The molecular weight excluding hydrogens is 312 g/mol. The third-order valence-corrected chi connectivity index (χ3v) is 3.76. The molecule has 0 spiro atoms. The van der Waals surface area contributed by atoms with Gasteiger partial charge in [0, 0.05) is 24.0 Å². The van der Waals surface area contributed by atoms with Crippen molar-refractivity contribution in [3.8, 4) is 0 Å². The fourth-order valence-corrected chi connectivity index (χ4v) is 2.45. The second kappa shape index (κ2) is 7.57. The molecule has 3 aromatic rings. The molecule has 0 aliphatic rings. The van der Waals surface area contributed by atoms with Crippen molar-refractivity contribution in [2.24, 2.45) is 0 Å². The van der Waals surface area contributed by atoms with Gasteiger partial charge in [0.15, 0.2) is 5.78 Å². The first kappa shape index (κ1) is 16.6. The Bertz CT molecular complexity index is 875. The van der Waals surface area contributed by atoms with Crippen LogP contribution in [0.4, 0.5) is 17.5 Å². The van der Waals surface area contributed by atoms with E-state index in [9.17, 15) is 4.79 Å². The quantitative estimate of drug-likeness (QED) is 0.657. The number of benzene rings is 2. The molecule has 5 nitrogen and oxygen atoms in total. The van der Waals surface area contributed by atoms with Gasteiger partial charge in [-0.2, -0.15) is 4.98 Å². The van der Waals surface area contributed by atoms with E-state index in [1.807, 2.05) is 24.3 Å². The Labute approximate surface area is 147 Å². The van der Waals surface area contributed by atoms with Gasteiger partial charge < -0.3 is 10.6 Å². The topological polar surface area (TPSA) is 66.9 Å². The van der Waals surface area contributed by atoms with Crippen LogP contribution in [0.3, 0.4) is 0 Å².